The van der Waals surface area contributed by atoms with Gasteiger partial charge in [-0.05, 0) is 19.1 Å². The van der Waals surface area contributed by atoms with Gasteiger partial charge in [-0.15, -0.1) is 0 Å². The summed E-state index contributed by atoms with van der Waals surface area (Å²) in [5.41, 5.74) is 0.899. The molecule has 100 valence electrons. The Morgan fingerprint density at radius 3 is 2.74 bits per heavy atom. The molecule has 19 heavy (non-hydrogen) atoms. The second-order valence-corrected chi connectivity index (χ2v) is 5.33. The van der Waals surface area contributed by atoms with Crippen LogP contribution in [0.4, 0.5) is 5.69 Å². The summed E-state index contributed by atoms with van der Waals surface area (Å²) in [5, 5.41) is 9.95. The molecular formula is C13H18CaN2O2S. The van der Waals surface area contributed by atoms with Crippen LogP contribution in [0.15, 0.2) is 35.3 Å². The van der Waals surface area contributed by atoms with Crippen LogP contribution in [-0.4, -0.2) is 77.7 Å². The maximum absolute atomic E-state index is 11.0. The monoisotopic (exact) mass is 306 g/mol. The van der Waals surface area contributed by atoms with Crippen molar-refractivity contribution in [2.45, 2.75) is 13.0 Å². The molecule has 1 N–H and O–H groups in total. The number of benzene rings is 1. The summed E-state index contributed by atoms with van der Waals surface area (Å²) in [4.78, 5) is 17.5. The van der Waals surface area contributed by atoms with Crippen LogP contribution >= 0.6 is 11.8 Å². The zero-order chi connectivity index (χ0) is 13.1. The largest absolute Gasteiger partial charge is 2.00 e. The Bertz CT molecular complexity index is 476. The predicted molar refractivity (Wildman–Crippen MR) is 82.3 cm³/mol. The van der Waals surface area contributed by atoms with Gasteiger partial charge in [0, 0.05) is 12.8 Å². The van der Waals surface area contributed by atoms with Crippen molar-refractivity contribution in [1.82, 2.24) is 4.90 Å². The summed E-state index contributed by atoms with van der Waals surface area (Å²) in [6.07, 6.45) is 0. The Morgan fingerprint density at radius 2 is 2.16 bits per heavy atom. The number of carboxylic acid groups (broad SMARTS) is 1. The number of amidine groups is 1. The van der Waals surface area contributed by atoms with Crippen LogP contribution in [0.1, 0.15) is 9.78 Å². The van der Waals surface area contributed by atoms with E-state index in [2.05, 4.69) is 4.99 Å². The number of para-hydroxylation sites is 1. The van der Waals surface area contributed by atoms with E-state index in [9.17, 15) is 4.79 Å². The first-order chi connectivity index (χ1) is 8.59. The summed E-state index contributed by atoms with van der Waals surface area (Å²) in [6.45, 7) is 1.75. The molecule has 0 saturated carbocycles. The van der Waals surface area contributed by atoms with Crippen molar-refractivity contribution >= 4 is 66.3 Å². The van der Waals surface area contributed by atoms with Crippen molar-refractivity contribution in [3.8, 4) is 0 Å². The molecule has 1 aromatic rings. The zero-order valence-electron chi connectivity index (χ0n) is 13.1. The van der Waals surface area contributed by atoms with Crippen LogP contribution in [0.25, 0.3) is 0 Å². The van der Waals surface area contributed by atoms with Crippen molar-refractivity contribution in [1.29, 1.82) is 0 Å². The molecular weight excluding hydrogens is 288 g/mol. The molecule has 1 aromatic carbocycles. The molecule has 1 aliphatic heterocycles. The Kier molecular flexibility index (Phi) is 6.66. The van der Waals surface area contributed by atoms with E-state index in [0.717, 1.165) is 16.6 Å². The van der Waals surface area contributed by atoms with Crippen molar-refractivity contribution < 1.29 is 12.8 Å². The average molecular weight is 306 g/mol. The van der Waals surface area contributed by atoms with Crippen molar-refractivity contribution in [2.24, 2.45) is 10.9 Å². The minimum Gasteiger partial charge on any atom is -1.00 e. The second kappa shape index (κ2) is 7.53. The molecule has 0 radical (unpaired) electrons. The molecule has 0 aliphatic carbocycles. The summed E-state index contributed by atoms with van der Waals surface area (Å²) >= 11 is 1.61. The number of hydrogen-bond acceptors (Lipinski definition) is 3. The number of rotatable bonds is 3. The third kappa shape index (κ3) is 4.12. The number of aliphatic imine (C=N–C) groups is 1. The molecule has 0 aromatic heterocycles. The van der Waals surface area contributed by atoms with Crippen molar-refractivity contribution in [3.05, 3.63) is 30.3 Å². The maximum Gasteiger partial charge on any atom is 2.00 e. The van der Waals surface area contributed by atoms with Crippen LogP contribution in [0.2, 0.25) is 0 Å². The molecule has 1 saturated heterocycles. The van der Waals surface area contributed by atoms with Crippen LogP contribution < -0.4 is 0 Å². The summed E-state index contributed by atoms with van der Waals surface area (Å²) in [5.74, 6) is -0.366. The molecule has 2 rings (SSSR count). The van der Waals surface area contributed by atoms with E-state index >= 15 is 0 Å². The average Bonchev–Trinajstić information content (AvgIpc) is 2.71. The van der Waals surface area contributed by atoms with Crippen LogP contribution in [0, 0.1) is 5.92 Å². The normalized spacial score (nSPS) is 22.1. The van der Waals surface area contributed by atoms with E-state index in [1.807, 2.05) is 42.3 Å². The van der Waals surface area contributed by atoms with Gasteiger partial charge in [0.2, 0.25) is 0 Å². The Balaban J connectivity index is 0. The summed E-state index contributed by atoms with van der Waals surface area (Å²) in [7, 11) is 1.91. The predicted octanol–water partition coefficient (Wildman–Crippen LogP) is 2.29. The second-order valence-electron chi connectivity index (χ2n) is 4.35. The van der Waals surface area contributed by atoms with Gasteiger partial charge >= 0.3 is 43.7 Å². The molecule has 1 aliphatic rings. The Hall–Kier alpha value is -0.230. The molecule has 0 amide bonds. The Morgan fingerprint density at radius 1 is 1.53 bits per heavy atom. The number of thioether (sulfide) groups is 1. The Labute approximate surface area is 150 Å². The van der Waals surface area contributed by atoms with Gasteiger partial charge in [-0.25, -0.2) is 4.99 Å². The first kappa shape index (κ1) is 16.8. The smallest absolute Gasteiger partial charge is 1.00 e. The fourth-order valence-electron chi connectivity index (χ4n) is 1.88. The van der Waals surface area contributed by atoms with Crippen molar-refractivity contribution in [3.63, 3.8) is 0 Å². The first-order valence-corrected chi connectivity index (χ1v) is 6.80. The van der Waals surface area contributed by atoms with Crippen LogP contribution in [0.3, 0.4) is 0 Å². The van der Waals surface area contributed by atoms with Gasteiger partial charge in [-0.1, -0.05) is 30.0 Å². The number of carbonyl (C=O) groups is 1. The summed E-state index contributed by atoms with van der Waals surface area (Å²) in [6, 6.07) is 9.72. The van der Waals surface area contributed by atoms with E-state index in [1.165, 1.54) is 0 Å². The SMILES string of the molecule is CC(C(=O)O)C1CSC(=Nc2ccccc2)N1C.[Ca+2].[H-].[H-]. The standard InChI is InChI=1S/C13H16N2O2S.Ca.2H/c1-9(12(16)17)11-8-18-13(15(11)2)14-10-6-4-3-5-7-10;;;/h3-7,9,11H,8H2,1-2H3,(H,16,17);;;/q;+2;2*-1. The fraction of sp³-hybridized carbons (Fsp3) is 0.385. The third-order valence-corrected chi connectivity index (χ3v) is 4.28. The molecule has 6 heteroatoms. The molecule has 2 unspecified atom stereocenters. The molecule has 2 atom stereocenters. The number of carboxylic acids is 1. The third-order valence-electron chi connectivity index (χ3n) is 3.13. The van der Waals surface area contributed by atoms with Gasteiger partial charge in [-0.3, -0.25) is 4.79 Å². The molecule has 4 nitrogen and oxygen atoms in total. The molecule has 1 fully saturated rings. The minimum absolute atomic E-state index is 0. The van der Waals surface area contributed by atoms with Crippen LogP contribution in [0.5, 0.6) is 0 Å². The van der Waals surface area contributed by atoms with E-state index in [0.29, 0.717) is 0 Å². The van der Waals surface area contributed by atoms with Gasteiger partial charge in [0.15, 0.2) is 5.17 Å². The fourth-order valence-corrected chi connectivity index (χ4v) is 3.22. The van der Waals surface area contributed by atoms with Gasteiger partial charge in [0.25, 0.3) is 0 Å². The van der Waals surface area contributed by atoms with Crippen LogP contribution in [-0.2, 0) is 4.79 Å². The van der Waals surface area contributed by atoms with Crippen molar-refractivity contribution in [2.75, 3.05) is 12.8 Å². The van der Waals surface area contributed by atoms with E-state index in [-0.39, 0.29) is 52.6 Å². The van der Waals surface area contributed by atoms with Gasteiger partial charge < -0.3 is 12.9 Å². The first-order valence-electron chi connectivity index (χ1n) is 5.82. The quantitative estimate of drug-likeness (QED) is 0.871. The summed E-state index contributed by atoms with van der Waals surface area (Å²) < 4.78 is 0. The molecule has 1 heterocycles. The van der Waals surface area contributed by atoms with Gasteiger partial charge in [0.1, 0.15) is 0 Å². The topological polar surface area (TPSA) is 52.9 Å². The molecule has 0 bridgehead atoms. The zero-order valence-corrected chi connectivity index (χ0v) is 14.1. The van der Waals surface area contributed by atoms with E-state index in [4.69, 9.17) is 5.11 Å². The maximum atomic E-state index is 11.0. The number of hydrogen-bond donors (Lipinski definition) is 1. The number of nitrogens with zero attached hydrogens (tertiary/aromatic N) is 2. The van der Waals surface area contributed by atoms with Gasteiger partial charge in [-0.2, -0.15) is 0 Å². The van der Waals surface area contributed by atoms with E-state index < -0.39 is 5.97 Å². The van der Waals surface area contributed by atoms with Gasteiger partial charge in [0.05, 0.1) is 17.6 Å². The van der Waals surface area contributed by atoms with E-state index in [1.54, 1.807) is 18.7 Å². The molecule has 0 spiro atoms. The number of aliphatic carboxylic acids is 1. The minimum atomic E-state index is -0.756.